The number of carbonyl (C=O) groups is 5. The van der Waals surface area contributed by atoms with E-state index in [9.17, 15) is 29.1 Å². The second kappa shape index (κ2) is 38.4. The summed E-state index contributed by atoms with van der Waals surface area (Å²) in [6.45, 7) is 32.7. The van der Waals surface area contributed by atoms with Gasteiger partial charge >= 0.3 is 6.01 Å². The number of nitrogens with one attached hydrogen (secondary N) is 8. The number of aromatic nitrogens is 7. The highest BCUT2D eigenvalue weighted by Crippen LogP contribution is 2.51. The van der Waals surface area contributed by atoms with Gasteiger partial charge in [0.25, 0.3) is 5.91 Å². The number of hydrogen-bond donors (Lipinski definition) is 9. The van der Waals surface area contributed by atoms with Crippen molar-refractivity contribution >= 4 is 159 Å². The van der Waals surface area contributed by atoms with Crippen LogP contribution in [-0.4, -0.2) is 69.0 Å². The molecule has 15 aromatic carbocycles. The highest BCUT2D eigenvalue weighted by molar-refractivity contribution is 6.33. The molecule has 24 rings (SSSR count). The molecule has 5 aromatic heterocycles. The van der Waals surface area contributed by atoms with Gasteiger partial charge in [-0.25, -0.2) is 4.98 Å². The number of rotatable bonds is 16. The van der Waals surface area contributed by atoms with Crippen LogP contribution >= 0.6 is 0 Å². The molecule has 0 atom stereocenters. The molecule has 0 bridgehead atoms. The summed E-state index contributed by atoms with van der Waals surface area (Å²) in [4.78, 5) is 100. The number of fused-ring (bicyclic) bond motifs is 8. The lowest BCUT2D eigenvalue weighted by Gasteiger charge is -2.25. The molecule has 5 heterocycles. The van der Waals surface area contributed by atoms with Crippen molar-refractivity contribution in [3.8, 4) is 50.5 Å². The molecule has 0 fully saturated rings. The number of nitrogens with zero attached hydrogens (tertiary/aromatic N) is 7. The van der Waals surface area contributed by atoms with Gasteiger partial charge < -0.3 is 47.6 Å². The van der Waals surface area contributed by atoms with Gasteiger partial charge in [0.05, 0.1) is 72.8 Å². The standard InChI is InChI=1S/C34H27N7O2.C34H31N3O.C31H25N3O.C27H22N2O2/c1-18-8-11-21(12-9-18)36-32-39-33(41-34(43)40-32)37-22-13-10-19(2)28(17-22)38-27-15-14-26-29-25(16-20(3)35-26)23-6-4-5-7-24(23)31(42)30(27)29;1-18-13-20(3)32(21(4)14-18)36-28-12-11-27-30-26(24-9-7-8-10-25(24)34(38)31(28)30)17-29(35-27)37-33-22(5)15-19(2)16-23(33)6;1-18-8-12-21(13-9-18)33-26-17-27(34-22-14-10-19(2)11-15-22)30-28-25(16-20(3)32-30)23-6-4-5-7-24(23)31(35)29(26)28;1-14-12-15(2)25(16(3)13-14)29-27(31)22-17(4)28-21-11-7-10-20-23(21)24(22)18-8-5-6-9-19(18)26(20)30/h4-17,38H,1-3H3,(H3,36,37,39,40,41,43);7-17,36H,1-6H3,(H,35,37);4-17,33-34H,1-3H3;5-13H,1-4H3,(H,29,31). The van der Waals surface area contributed by atoms with Gasteiger partial charge in [0, 0.05) is 112 Å². The summed E-state index contributed by atoms with van der Waals surface area (Å²) in [6, 6.07) is 95.0. The van der Waals surface area contributed by atoms with Crippen LogP contribution in [0.1, 0.15) is 163 Å². The lowest BCUT2D eigenvalue weighted by atomic mass is 9.81. The number of benzene rings is 15. The second-order valence-corrected chi connectivity index (χ2v) is 38.7. The number of aryl methyl sites for hydroxylation is 16. The number of pyridine rings is 4. The van der Waals surface area contributed by atoms with Crippen molar-refractivity contribution < 1.29 is 29.1 Å². The number of ketones is 4. The highest BCUT2D eigenvalue weighted by Gasteiger charge is 2.36. The second-order valence-electron chi connectivity index (χ2n) is 38.7. The minimum absolute atomic E-state index is 0.0141. The first-order chi connectivity index (χ1) is 70.9. The molecule has 147 heavy (non-hydrogen) atoms. The summed E-state index contributed by atoms with van der Waals surface area (Å²) in [7, 11) is 0. The fraction of sp³-hybridized carbons (Fsp3) is 0.127. The molecule has 0 spiro atoms. The molecule has 0 radical (unpaired) electrons. The highest BCUT2D eigenvalue weighted by atomic mass is 16.3. The maximum Gasteiger partial charge on any atom is 0.320 e. The summed E-state index contributed by atoms with van der Waals surface area (Å²) < 4.78 is 0. The van der Waals surface area contributed by atoms with E-state index in [0.29, 0.717) is 61.6 Å². The van der Waals surface area contributed by atoms with Crippen molar-refractivity contribution in [3.05, 3.63) is 431 Å². The molecule has 20 aromatic rings. The van der Waals surface area contributed by atoms with Crippen LogP contribution in [0.4, 0.5) is 86.0 Å². The summed E-state index contributed by atoms with van der Waals surface area (Å²) in [5.74, 6) is 0.906. The number of aromatic hydroxyl groups is 1. The Hall–Kier alpha value is -18.5. The van der Waals surface area contributed by atoms with E-state index >= 15 is 0 Å². The lowest BCUT2D eigenvalue weighted by molar-refractivity contribution is 0.101. The van der Waals surface area contributed by atoms with E-state index in [0.717, 1.165) is 207 Å². The normalized spacial score (nSPS) is 11.9. The fourth-order valence-corrected chi connectivity index (χ4v) is 21.0. The minimum atomic E-state index is -0.411. The smallest absolute Gasteiger partial charge is 0.320 e. The topological polar surface area (TPSA) is 292 Å². The molecular weight excluding hydrogens is 1820 g/mol. The maximum absolute atomic E-state index is 13.9. The van der Waals surface area contributed by atoms with E-state index in [4.69, 9.17) is 19.9 Å². The van der Waals surface area contributed by atoms with E-state index in [2.05, 4.69) is 198 Å². The van der Waals surface area contributed by atoms with Gasteiger partial charge in [-0.2, -0.15) is 15.0 Å². The van der Waals surface area contributed by atoms with E-state index in [1.165, 1.54) is 33.4 Å². The third-order valence-electron chi connectivity index (χ3n) is 27.6. The zero-order valence-corrected chi connectivity index (χ0v) is 84.3. The largest absolute Gasteiger partial charge is 0.479 e. The molecule has 0 saturated carbocycles. The number of hydrogen-bond acceptors (Lipinski definition) is 20. The molecule has 4 aliphatic carbocycles. The van der Waals surface area contributed by atoms with E-state index in [-0.39, 0.29) is 40.9 Å². The number of amides is 1. The molecule has 9 N–H and O–H groups in total. The van der Waals surface area contributed by atoms with Crippen LogP contribution in [0, 0.1) is 111 Å². The van der Waals surface area contributed by atoms with Crippen LogP contribution in [0.15, 0.2) is 291 Å². The Morgan fingerprint density at radius 3 is 1.16 bits per heavy atom. The van der Waals surface area contributed by atoms with E-state index in [1.54, 1.807) is 0 Å². The van der Waals surface area contributed by atoms with Gasteiger partial charge in [-0.05, 0) is 292 Å². The van der Waals surface area contributed by atoms with Crippen molar-refractivity contribution in [2.24, 2.45) is 0 Å². The third kappa shape index (κ3) is 18.2. The van der Waals surface area contributed by atoms with Crippen molar-refractivity contribution in [2.45, 2.75) is 111 Å². The van der Waals surface area contributed by atoms with Crippen LogP contribution in [0.25, 0.3) is 88.1 Å². The zero-order chi connectivity index (χ0) is 102. The predicted molar refractivity (Wildman–Crippen MR) is 596 cm³/mol. The quantitative estimate of drug-likeness (QED) is 0.0434. The summed E-state index contributed by atoms with van der Waals surface area (Å²) in [5, 5.41) is 40.7. The fourth-order valence-electron chi connectivity index (χ4n) is 21.0. The first kappa shape index (κ1) is 94.7. The summed E-state index contributed by atoms with van der Waals surface area (Å²) >= 11 is 0. The molecule has 21 nitrogen and oxygen atoms in total. The van der Waals surface area contributed by atoms with E-state index < -0.39 is 6.01 Å². The SMILES string of the molecule is Cc1cc(C)c(NC(=O)c2c(C)nc3cccc4c3c2-c2ccccc2C4=O)c(C)c1.Cc1cc(C)c(Nc2cc3c4c(c(Nc5c(C)cc(C)cc5C)ccc4n2)C(=O)c2ccccc2-3)c(C)c1.Cc1ccc(Nc2cc(Nc3ccc(C)cc3)c3nc(C)cc4c3c2C(=O)c2ccccc2-4)cc1.Cc1ccc(Nc2nc(O)nc(Nc3ccc(C)c(Nc4ccc5nc(C)cc6c5c4C(=O)c4ccccc4-6)c3)n2)cc1. The lowest BCUT2D eigenvalue weighted by Crippen LogP contribution is -2.20. The molecular formula is C126H105N15O6. The molecule has 1 amide bonds. The maximum atomic E-state index is 13.9. The van der Waals surface area contributed by atoms with Gasteiger partial charge in [-0.3, -0.25) is 38.9 Å². The van der Waals surface area contributed by atoms with Crippen LogP contribution in [0.5, 0.6) is 6.01 Å². The van der Waals surface area contributed by atoms with Crippen molar-refractivity contribution in [3.63, 3.8) is 0 Å². The Balaban J connectivity index is 0.000000116. The Morgan fingerprint density at radius 2 is 0.639 bits per heavy atom. The molecule has 4 aliphatic rings. The summed E-state index contributed by atoms with van der Waals surface area (Å²) in [5.41, 5.74) is 43.8. The first-order valence-electron chi connectivity index (χ1n) is 49.0. The van der Waals surface area contributed by atoms with Crippen LogP contribution < -0.4 is 42.5 Å². The Morgan fingerprint density at radius 1 is 0.245 bits per heavy atom. The molecule has 0 aliphatic heterocycles. The average molecular weight is 1930 g/mol. The average Bonchev–Trinajstić information content (AvgIpc) is 0.723. The van der Waals surface area contributed by atoms with Crippen LogP contribution in [0.2, 0.25) is 0 Å². The number of anilines is 15. The van der Waals surface area contributed by atoms with Crippen LogP contribution in [-0.2, 0) is 0 Å². The zero-order valence-electron chi connectivity index (χ0n) is 84.3. The van der Waals surface area contributed by atoms with Gasteiger partial charge in [-0.15, -0.1) is 0 Å². The Kier molecular flexibility index (Phi) is 24.7. The summed E-state index contributed by atoms with van der Waals surface area (Å²) in [6.07, 6.45) is 0. The van der Waals surface area contributed by atoms with E-state index in [1.807, 2.05) is 262 Å². The Bertz CT molecular complexity index is 8910. The van der Waals surface area contributed by atoms with Crippen molar-refractivity contribution in [2.75, 3.05) is 42.5 Å². The van der Waals surface area contributed by atoms with Crippen molar-refractivity contribution in [1.82, 2.24) is 34.9 Å². The third-order valence-corrected chi connectivity index (χ3v) is 27.6. The van der Waals surface area contributed by atoms with Gasteiger partial charge in [-0.1, -0.05) is 221 Å². The predicted octanol–water partition coefficient (Wildman–Crippen LogP) is 30.1. The van der Waals surface area contributed by atoms with Crippen molar-refractivity contribution in [1.29, 1.82) is 0 Å². The number of carbonyl (C=O) groups excluding carboxylic acids is 5. The van der Waals surface area contributed by atoms with Gasteiger partial charge in [0.15, 0.2) is 23.1 Å². The minimum Gasteiger partial charge on any atom is -0.479 e. The Labute approximate surface area is 851 Å². The first-order valence-corrected chi connectivity index (χ1v) is 49.0. The van der Waals surface area contributed by atoms with Gasteiger partial charge in [0.2, 0.25) is 11.9 Å². The molecule has 21 heteroatoms. The molecule has 0 unspecified atom stereocenters. The molecule has 720 valence electrons. The van der Waals surface area contributed by atoms with Crippen LogP contribution in [0.3, 0.4) is 0 Å². The monoisotopic (exact) mass is 1920 g/mol. The molecule has 0 saturated heterocycles. The van der Waals surface area contributed by atoms with Gasteiger partial charge in [0.1, 0.15) is 5.82 Å².